The number of carboxylic acid groups (broad SMARTS) is 1. The van der Waals surface area contributed by atoms with Crippen molar-refractivity contribution in [3.63, 3.8) is 0 Å². The van der Waals surface area contributed by atoms with Crippen LogP contribution in [0, 0.1) is 6.92 Å². The number of phenols is 5. The van der Waals surface area contributed by atoms with Crippen LogP contribution in [-0.4, -0.2) is 88.7 Å². The molecule has 15 nitrogen and oxygen atoms in total. The van der Waals surface area contributed by atoms with Crippen LogP contribution in [0.15, 0.2) is 35.1 Å². The van der Waals surface area contributed by atoms with Gasteiger partial charge in [-0.2, -0.15) is 0 Å². The second-order valence-corrected chi connectivity index (χ2v) is 13.8. The first-order valence-electron chi connectivity index (χ1n) is 17.1. The Balaban J connectivity index is 1.57. The van der Waals surface area contributed by atoms with Gasteiger partial charge in [-0.3, -0.25) is 14.4 Å². The van der Waals surface area contributed by atoms with Gasteiger partial charge in [0.25, 0.3) is 0 Å². The topological polar surface area (TPSA) is 239 Å². The highest BCUT2D eigenvalue weighted by Gasteiger charge is 2.38. The van der Waals surface area contributed by atoms with E-state index in [0.717, 1.165) is 4.90 Å². The number of pyridine rings is 1. The number of aromatic nitrogens is 1. The molecule has 0 radical (unpaired) electrons. The van der Waals surface area contributed by atoms with Gasteiger partial charge in [-0.1, -0.05) is 19.9 Å². The molecule has 1 aliphatic heterocycles. The molecule has 3 unspecified atom stereocenters. The van der Waals surface area contributed by atoms with Crippen LogP contribution >= 0.6 is 0 Å². The minimum atomic E-state index is -1.36. The number of benzene rings is 5. The molecule has 2 amide bonds. The Labute approximate surface area is 305 Å². The van der Waals surface area contributed by atoms with Gasteiger partial charge in [-0.15, -0.1) is 0 Å². The summed E-state index contributed by atoms with van der Waals surface area (Å²) in [5.74, 6) is -6.58. The fraction of sp³-hybridized carbons (Fsp3) is 0.282. The molecule has 8 N–H and O–H groups in total. The van der Waals surface area contributed by atoms with E-state index in [-0.39, 0.29) is 72.1 Å². The first kappa shape index (κ1) is 35.7. The van der Waals surface area contributed by atoms with Crippen molar-refractivity contribution in [1.29, 1.82) is 0 Å². The van der Waals surface area contributed by atoms with Crippen LogP contribution < -0.4 is 15.5 Å². The number of phenolic OH excluding ortho intramolecular Hbond substituents is 5. The van der Waals surface area contributed by atoms with Gasteiger partial charge in [0.1, 0.15) is 53.1 Å². The Morgan fingerprint density at radius 1 is 0.852 bits per heavy atom. The SMILES string of the molecule is CCC(C)c1cc2c(O)c3ccc4c(OC)c5c(=O)c6c(C)ccc(O)c6c(O)c5c(O)c4c3c(O)c2c(O)n1CC(=O)N1CC(C(=O)O)NC(=O)C1C. The Kier molecular flexibility index (Phi) is 8.27. The fourth-order valence-electron chi connectivity index (χ4n) is 7.78. The third-order valence-electron chi connectivity index (χ3n) is 10.8. The van der Waals surface area contributed by atoms with Crippen LogP contribution in [0.5, 0.6) is 40.4 Å². The smallest absolute Gasteiger partial charge is 0.328 e. The van der Waals surface area contributed by atoms with Crippen LogP contribution in [0.3, 0.4) is 0 Å². The minimum Gasteiger partial charge on any atom is -0.507 e. The lowest BCUT2D eigenvalue weighted by molar-refractivity contribution is -0.151. The van der Waals surface area contributed by atoms with Gasteiger partial charge in [0.2, 0.25) is 17.7 Å². The first-order chi connectivity index (χ1) is 25.5. The number of carbonyl (C=O) groups excluding carboxylic acids is 2. The minimum absolute atomic E-state index is 0.00326. The van der Waals surface area contributed by atoms with Gasteiger partial charge in [0.15, 0.2) is 5.43 Å². The highest BCUT2D eigenvalue weighted by Crippen LogP contribution is 2.54. The van der Waals surface area contributed by atoms with Crippen molar-refractivity contribution >= 4 is 71.6 Å². The third-order valence-corrected chi connectivity index (χ3v) is 10.8. The predicted octanol–water partition coefficient (Wildman–Crippen LogP) is 4.48. The average Bonchev–Trinajstić information content (AvgIpc) is 3.14. The largest absolute Gasteiger partial charge is 0.507 e. The lowest BCUT2D eigenvalue weighted by Crippen LogP contribution is -2.63. The van der Waals surface area contributed by atoms with Crippen LogP contribution in [0.25, 0.3) is 53.9 Å². The molecule has 0 spiro atoms. The maximum absolute atomic E-state index is 14.0. The average molecular weight is 740 g/mol. The molecule has 7 rings (SSSR count). The van der Waals surface area contributed by atoms with E-state index in [1.165, 1.54) is 48.9 Å². The summed E-state index contributed by atoms with van der Waals surface area (Å²) in [6.07, 6.45) is 0.517. The van der Waals surface area contributed by atoms with Gasteiger partial charge in [0, 0.05) is 38.0 Å². The van der Waals surface area contributed by atoms with Crippen molar-refractivity contribution in [2.75, 3.05) is 13.7 Å². The summed E-state index contributed by atoms with van der Waals surface area (Å²) < 4.78 is 6.92. The van der Waals surface area contributed by atoms with Crippen LogP contribution in [0.2, 0.25) is 0 Å². The third kappa shape index (κ3) is 4.87. The van der Waals surface area contributed by atoms with Gasteiger partial charge in [0.05, 0.1) is 35.2 Å². The molecule has 3 atom stereocenters. The lowest BCUT2D eigenvalue weighted by Gasteiger charge is -2.36. The van der Waals surface area contributed by atoms with Gasteiger partial charge >= 0.3 is 5.97 Å². The lowest BCUT2D eigenvalue weighted by atomic mass is 9.90. The summed E-state index contributed by atoms with van der Waals surface area (Å²) in [5.41, 5.74) is 0.167. The van der Waals surface area contributed by atoms with Gasteiger partial charge in [-0.25, -0.2) is 4.79 Å². The molecule has 2 heterocycles. The second-order valence-electron chi connectivity index (χ2n) is 13.8. The van der Waals surface area contributed by atoms with E-state index >= 15 is 0 Å². The molecule has 0 saturated carbocycles. The van der Waals surface area contributed by atoms with E-state index in [1.54, 1.807) is 6.92 Å². The number of aliphatic carboxylic acids is 1. The van der Waals surface area contributed by atoms with Crippen molar-refractivity contribution in [2.24, 2.45) is 0 Å². The number of methoxy groups -OCH3 is 1. The Bertz CT molecular complexity index is 2740. The maximum atomic E-state index is 14.0. The summed E-state index contributed by atoms with van der Waals surface area (Å²) in [5, 5.41) is 80.6. The number of aromatic hydroxyl groups is 6. The molecular formula is C39H37N3O12. The molecule has 6 aromatic rings. The monoisotopic (exact) mass is 739 g/mol. The van der Waals surface area contributed by atoms with Crippen LogP contribution in [-0.2, 0) is 20.9 Å². The van der Waals surface area contributed by atoms with Crippen LogP contribution in [0.4, 0.5) is 0 Å². The quantitative estimate of drug-likeness (QED) is 0.0671. The molecule has 0 aliphatic carbocycles. The number of carboxylic acids is 1. The van der Waals surface area contributed by atoms with Crippen molar-refractivity contribution in [3.05, 3.63) is 51.8 Å². The number of fused-ring (bicyclic) bond motifs is 6. The predicted molar refractivity (Wildman–Crippen MR) is 199 cm³/mol. The van der Waals surface area contributed by atoms with Gasteiger partial charge < -0.3 is 55.3 Å². The summed E-state index contributed by atoms with van der Waals surface area (Å²) in [6, 6.07) is 4.83. The van der Waals surface area contributed by atoms with Crippen LogP contribution in [0.1, 0.15) is 44.4 Å². The summed E-state index contributed by atoms with van der Waals surface area (Å²) >= 11 is 0. The number of aryl methyl sites for hydroxylation is 1. The van der Waals surface area contributed by atoms with Crippen molar-refractivity contribution < 1.29 is 54.9 Å². The highest BCUT2D eigenvalue weighted by atomic mass is 16.5. The molecule has 1 saturated heterocycles. The number of amides is 2. The highest BCUT2D eigenvalue weighted by molar-refractivity contribution is 6.28. The zero-order chi connectivity index (χ0) is 39.2. The number of nitrogens with one attached hydrogen (secondary N) is 1. The molecule has 1 aromatic heterocycles. The first-order valence-corrected chi connectivity index (χ1v) is 17.1. The number of rotatable bonds is 6. The molecule has 0 bridgehead atoms. The zero-order valence-corrected chi connectivity index (χ0v) is 29.8. The van der Waals surface area contributed by atoms with E-state index < -0.39 is 76.5 Å². The van der Waals surface area contributed by atoms with Gasteiger partial charge in [-0.05, 0) is 56.0 Å². The van der Waals surface area contributed by atoms with E-state index in [4.69, 9.17) is 4.74 Å². The molecule has 15 heteroatoms. The normalized spacial score (nSPS) is 16.8. The molecule has 1 fully saturated rings. The summed E-state index contributed by atoms with van der Waals surface area (Å²) in [7, 11) is 1.27. The van der Waals surface area contributed by atoms with Crippen molar-refractivity contribution in [1.82, 2.24) is 14.8 Å². The number of hydrogen-bond acceptors (Lipinski definition) is 11. The van der Waals surface area contributed by atoms with E-state index in [2.05, 4.69) is 5.32 Å². The maximum Gasteiger partial charge on any atom is 0.328 e. The van der Waals surface area contributed by atoms with E-state index in [9.17, 15) is 54.9 Å². The molecular weight excluding hydrogens is 702 g/mol. The zero-order valence-electron chi connectivity index (χ0n) is 29.8. The fourth-order valence-corrected chi connectivity index (χ4v) is 7.78. The molecule has 5 aromatic carbocycles. The van der Waals surface area contributed by atoms with Crippen molar-refractivity contribution in [2.45, 2.75) is 58.7 Å². The number of piperazine rings is 1. The number of hydrogen-bond donors (Lipinski definition) is 8. The number of carbonyl (C=O) groups is 3. The summed E-state index contributed by atoms with van der Waals surface area (Å²) in [6.45, 7) is 5.83. The Morgan fingerprint density at radius 3 is 2.13 bits per heavy atom. The number of nitrogens with zero attached hydrogens (tertiary/aromatic N) is 2. The Hall–Kier alpha value is -6.64. The molecule has 1 aliphatic rings. The molecule has 54 heavy (non-hydrogen) atoms. The standard InChI is InChI=1S/C39H37N3O12/c1-6-14(2)21-11-19-27(38(51)42(21)13-23(44)41-12-20(39(52)53)40-37(50)16(41)4)33(47)25-17(31(19)45)8-9-18-26(25)34(48)29-30(36(18)54-5)32(46)24-15(3)7-10-22(43)28(24)35(29)49/h7-11,14,16,20,43,45,47-49,51H,6,12-13H2,1-5H3,(H,40,50)(H,52,53). The summed E-state index contributed by atoms with van der Waals surface area (Å²) in [4.78, 5) is 53.2. The van der Waals surface area contributed by atoms with E-state index in [1.807, 2.05) is 13.8 Å². The molecule has 280 valence electrons. The van der Waals surface area contributed by atoms with E-state index in [0.29, 0.717) is 17.7 Å². The Morgan fingerprint density at radius 2 is 1.48 bits per heavy atom. The number of ether oxygens (including phenoxy) is 1. The van der Waals surface area contributed by atoms with Crippen molar-refractivity contribution in [3.8, 4) is 40.4 Å². The second kappa shape index (κ2) is 12.5.